The van der Waals surface area contributed by atoms with Gasteiger partial charge in [0.25, 0.3) is 0 Å². The van der Waals surface area contributed by atoms with Crippen molar-refractivity contribution in [1.82, 2.24) is 10.2 Å². The summed E-state index contributed by atoms with van der Waals surface area (Å²) < 4.78 is 5.13. The summed E-state index contributed by atoms with van der Waals surface area (Å²) in [6.45, 7) is 4.90. The molecule has 20 heavy (non-hydrogen) atoms. The second kappa shape index (κ2) is 9.91. The van der Waals surface area contributed by atoms with Crippen molar-refractivity contribution >= 4 is 23.7 Å². The number of ether oxygens (including phenoxy) is 1. The summed E-state index contributed by atoms with van der Waals surface area (Å²) in [7, 11) is 1.80. The maximum absolute atomic E-state index is 11.8. The molecule has 1 fully saturated rings. The van der Waals surface area contributed by atoms with Gasteiger partial charge in [0.05, 0.1) is 12.5 Å². The zero-order valence-electron chi connectivity index (χ0n) is 12.9. The predicted octanol–water partition coefficient (Wildman–Crippen LogP) is 1.59. The van der Waals surface area contributed by atoms with Crippen LogP contribution in [-0.4, -0.2) is 62.1 Å². The van der Waals surface area contributed by atoms with E-state index in [2.05, 4.69) is 21.5 Å². The number of rotatable bonds is 6. The summed E-state index contributed by atoms with van der Waals surface area (Å²) in [6, 6.07) is 0. The van der Waals surface area contributed by atoms with Crippen LogP contribution in [0.25, 0.3) is 0 Å². The molecule has 0 saturated carbocycles. The van der Waals surface area contributed by atoms with Crippen LogP contribution in [0.15, 0.2) is 4.99 Å². The molecule has 1 saturated heterocycles. The van der Waals surface area contributed by atoms with Gasteiger partial charge in [0.1, 0.15) is 0 Å². The molecule has 1 aliphatic heterocycles. The summed E-state index contributed by atoms with van der Waals surface area (Å²) in [5.74, 6) is 1.96. The second-order valence-corrected chi connectivity index (χ2v) is 5.84. The number of guanidine groups is 1. The topological polar surface area (TPSA) is 53.9 Å². The third kappa shape index (κ3) is 5.61. The van der Waals surface area contributed by atoms with Gasteiger partial charge in [0.2, 0.25) is 0 Å². The van der Waals surface area contributed by atoms with Crippen molar-refractivity contribution in [2.45, 2.75) is 26.2 Å². The van der Waals surface area contributed by atoms with E-state index in [1.165, 1.54) is 0 Å². The number of esters is 1. The van der Waals surface area contributed by atoms with Crippen molar-refractivity contribution in [1.29, 1.82) is 0 Å². The maximum atomic E-state index is 11.8. The van der Waals surface area contributed by atoms with Gasteiger partial charge in [0, 0.05) is 26.7 Å². The van der Waals surface area contributed by atoms with Gasteiger partial charge in [-0.2, -0.15) is 11.8 Å². The summed E-state index contributed by atoms with van der Waals surface area (Å²) in [5, 5.41) is 3.38. The SMILES string of the molecule is CCOC(=O)C1CCCN(C(=NC)NCCCSC)C1. The molecule has 0 aromatic carbocycles. The Labute approximate surface area is 126 Å². The van der Waals surface area contributed by atoms with E-state index in [1.807, 2.05) is 18.7 Å². The summed E-state index contributed by atoms with van der Waals surface area (Å²) in [6.07, 6.45) is 5.16. The van der Waals surface area contributed by atoms with E-state index in [0.29, 0.717) is 13.2 Å². The third-order valence-corrected chi connectivity index (χ3v) is 4.06. The van der Waals surface area contributed by atoms with Gasteiger partial charge in [0.15, 0.2) is 5.96 Å². The quantitative estimate of drug-likeness (QED) is 0.349. The van der Waals surface area contributed by atoms with Gasteiger partial charge in [-0.05, 0) is 38.2 Å². The Morgan fingerprint density at radius 3 is 3.00 bits per heavy atom. The van der Waals surface area contributed by atoms with Crippen LogP contribution in [-0.2, 0) is 9.53 Å². The van der Waals surface area contributed by atoms with Gasteiger partial charge in [-0.3, -0.25) is 9.79 Å². The zero-order chi connectivity index (χ0) is 14.8. The van der Waals surface area contributed by atoms with Crippen molar-refractivity contribution in [3.63, 3.8) is 0 Å². The number of aliphatic imine (C=N–C) groups is 1. The zero-order valence-corrected chi connectivity index (χ0v) is 13.7. The molecule has 0 radical (unpaired) electrons. The van der Waals surface area contributed by atoms with E-state index in [0.717, 1.165) is 44.1 Å². The number of hydrogen-bond acceptors (Lipinski definition) is 4. The fraction of sp³-hybridized carbons (Fsp3) is 0.857. The summed E-state index contributed by atoms with van der Waals surface area (Å²) in [5.41, 5.74) is 0. The molecule has 0 aromatic rings. The first kappa shape index (κ1) is 17.1. The highest BCUT2D eigenvalue weighted by molar-refractivity contribution is 7.98. The molecule has 1 atom stereocenters. The fourth-order valence-electron chi connectivity index (χ4n) is 2.37. The molecular weight excluding hydrogens is 274 g/mol. The number of likely N-dealkylation sites (tertiary alicyclic amines) is 1. The Kier molecular flexibility index (Phi) is 8.49. The summed E-state index contributed by atoms with van der Waals surface area (Å²) >= 11 is 1.85. The predicted molar refractivity (Wildman–Crippen MR) is 85.3 cm³/mol. The van der Waals surface area contributed by atoms with Crippen molar-refractivity contribution in [3.05, 3.63) is 0 Å². The van der Waals surface area contributed by atoms with Gasteiger partial charge in [-0.1, -0.05) is 0 Å². The van der Waals surface area contributed by atoms with Crippen molar-refractivity contribution in [2.75, 3.05) is 45.3 Å². The number of thioether (sulfide) groups is 1. The lowest BCUT2D eigenvalue weighted by molar-refractivity contribution is -0.149. The number of nitrogens with zero attached hydrogens (tertiary/aromatic N) is 2. The van der Waals surface area contributed by atoms with E-state index < -0.39 is 0 Å². The normalized spacial score (nSPS) is 19.9. The molecule has 1 unspecified atom stereocenters. The minimum Gasteiger partial charge on any atom is -0.466 e. The van der Waals surface area contributed by atoms with Gasteiger partial charge in [-0.25, -0.2) is 0 Å². The number of hydrogen-bond donors (Lipinski definition) is 1. The number of carbonyl (C=O) groups excluding carboxylic acids is 1. The van der Waals surface area contributed by atoms with Crippen LogP contribution in [0.5, 0.6) is 0 Å². The molecule has 6 heteroatoms. The van der Waals surface area contributed by atoms with Crippen LogP contribution in [0.1, 0.15) is 26.2 Å². The molecule has 116 valence electrons. The molecule has 0 aromatic heterocycles. The smallest absolute Gasteiger partial charge is 0.310 e. The summed E-state index contributed by atoms with van der Waals surface area (Å²) in [4.78, 5) is 18.3. The average molecular weight is 301 g/mol. The minimum absolute atomic E-state index is 0.0200. The molecule has 1 heterocycles. The van der Waals surface area contributed by atoms with Crippen LogP contribution in [0.2, 0.25) is 0 Å². The molecule has 1 aliphatic rings. The van der Waals surface area contributed by atoms with Crippen LogP contribution >= 0.6 is 11.8 Å². The van der Waals surface area contributed by atoms with E-state index in [1.54, 1.807) is 7.05 Å². The largest absolute Gasteiger partial charge is 0.466 e. The molecule has 0 amide bonds. The number of piperidine rings is 1. The lowest BCUT2D eigenvalue weighted by Gasteiger charge is -2.33. The van der Waals surface area contributed by atoms with Crippen molar-refractivity contribution in [2.24, 2.45) is 10.9 Å². The Hall–Kier alpha value is -0.910. The lowest BCUT2D eigenvalue weighted by atomic mass is 9.98. The average Bonchev–Trinajstić information content (AvgIpc) is 2.48. The minimum atomic E-state index is -0.0740. The molecule has 5 nitrogen and oxygen atoms in total. The maximum Gasteiger partial charge on any atom is 0.310 e. The van der Waals surface area contributed by atoms with E-state index >= 15 is 0 Å². The molecule has 0 spiro atoms. The second-order valence-electron chi connectivity index (χ2n) is 4.86. The monoisotopic (exact) mass is 301 g/mol. The van der Waals surface area contributed by atoms with Crippen LogP contribution in [0.4, 0.5) is 0 Å². The molecule has 1 N–H and O–H groups in total. The number of carbonyl (C=O) groups is 1. The van der Waals surface area contributed by atoms with Crippen LogP contribution < -0.4 is 5.32 Å². The molecular formula is C14H27N3O2S. The Balaban J connectivity index is 2.45. The van der Waals surface area contributed by atoms with Crippen molar-refractivity contribution in [3.8, 4) is 0 Å². The fourth-order valence-corrected chi connectivity index (χ4v) is 2.80. The van der Waals surface area contributed by atoms with Gasteiger partial charge in [-0.15, -0.1) is 0 Å². The van der Waals surface area contributed by atoms with E-state index in [4.69, 9.17) is 4.74 Å². The van der Waals surface area contributed by atoms with Crippen LogP contribution in [0.3, 0.4) is 0 Å². The molecule has 0 bridgehead atoms. The Morgan fingerprint density at radius 1 is 1.55 bits per heavy atom. The first-order valence-corrected chi connectivity index (χ1v) is 8.73. The Bertz CT molecular complexity index is 324. The van der Waals surface area contributed by atoms with Crippen molar-refractivity contribution < 1.29 is 9.53 Å². The highest BCUT2D eigenvalue weighted by Gasteiger charge is 2.28. The highest BCUT2D eigenvalue weighted by Crippen LogP contribution is 2.18. The highest BCUT2D eigenvalue weighted by atomic mass is 32.2. The lowest BCUT2D eigenvalue weighted by Crippen LogP contribution is -2.48. The van der Waals surface area contributed by atoms with Crippen LogP contribution in [0, 0.1) is 5.92 Å². The van der Waals surface area contributed by atoms with Gasteiger partial charge < -0.3 is 15.0 Å². The van der Waals surface area contributed by atoms with E-state index in [9.17, 15) is 4.79 Å². The molecule has 0 aliphatic carbocycles. The standard InChI is InChI=1S/C14H27N3O2S/c1-4-19-13(18)12-7-5-9-17(11-12)14(15-2)16-8-6-10-20-3/h12H,4-11H2,1-3H3,(H,15,16). The molecule has 1 rings (SSSR count). The Morgan fingerprint density at radius 2 is 2.35 bits per heavy atom. The first-order valence-electron chi connectivity index (χ1n) is 7.34. The van der Waals surface area contributed by atoms with Gasteiger partial charge >= 0.3 is 5.97 Å². The number of nitrogens with one attached hydrogen (secondary N) is 1. The third-order valence-electron chi connectivity index (χ3n) is 3.36. The first-order chi connectivity index (χ1) is 9.72. The van der Waals surface area contributed by atoms with E-state index in [-0.39, 0.29) is 11.9 Å².